The minimum atomic E-state index is -0.198. The van der Waals surface area contributed by atoms with Crippen LogP contribution >= 0.6 is 11.8 Å². The average molecular weight is 425 g/mol. The van der Waals surface area contributed by atoms with Crippen molar-refractivity contribution < 1.29 is 14.3 Å². The molecular formula is C24H28N2O3S. The molecule has 30 heavy (non-hydrogen) atoms. The van der Waals surface area contributed by atoms with Crippen LogP contribution in [0.5, 0.6) is 5.75 Å². The molecule has 0 saturated carbocycles. The Morgan fingerprint density at radius 2 is 1.80 bits per heavy atom. The van der Waals surface area contributed by atoms with E-state index in [-0.39, 0.29) is 16.7 Å². The second-order valence-electron chi connectivity index (χ2n) is 7.85. The van der Waals surface area contributed by atoms with Crippen molar-refractivity contribution >= 4 is 23.6 Å². The van der Waals surface area contributed by atoms with Crippen molar-refractivity contribution in [3.63, 3.8) is 0 Å². The zero-order valence-electron chi connectivity index (χ0n) is 17.4. The molecule has 1 spiro atoms. The summed E-state index contributed by atoms with van der Waals surface area (Å²) in [7, 11) is 1.61. The Morgan fingerprint density at radius 1 is 1.03 bits per heavy atom. The summed E-state index contributed by atoms with van der Waals surface area (Å²) >= 11 is 1.87. The van der Waals surface area contributed by atoms with Crippen molar-refractivity contribution in [2.45, 2.75) is 30.6 Å². The van der Waals surface area contributed by atoms with Gasteiger partial charge >= 0.3 is 0 Å². The van der Waals surface area contributed by atoms with Crippen LogP contribution in [0.4, 0.5) is 0 Å². The summed E-state index contributed by atoms with van der Waals surface area (Å²) in [6.07, 6.45) is 2.96. The smallest absolute Gasteiger partial charge is 0.255 e. The summed E-state index contributed by atoms with van der Waals surface area (Å²) in [6, 6.07) is 17.5. The maximum absolute atomic E-state index is 13.2. The summed E-state index contributed by atoms with van der Waals surface area (Å²) in [5, 5.41) is 0. The van der Waals surface area contributed by atoms with Crippen LogP contribution < -0.4 is 4.74 Å². The maximum Gasteiger partial charge on any atom is 0.255 e. The number of methoxy groups -OCH3 is 1. The first-order chi connectivity index (χ1) is 14.6. The molecule has 2 aliphatic heterocycles. The third kappa shape index (κ3) is 4.33. The first kappa shape index (κ1) is 20.8. The van der Waals surface area contributed by atoms with Crippen molar-refractivity contribution in [3.05, 3.63) is 65.7 Å². The Hall–Kier alpha value is -2.47. The van der Waals surface area contributed by atoms with Gasteiger partial charge in [-0.05, 0) is 43.0 Å². The number of aryl methyl sites for hydroxylation is 1. The van der Waals surface area contributed by atoms with Crippen molar-refractivity contribution in [2.24, 2.45) is 0 Å². The fraction of sp³-hybridized carbons (Fsp3) is 0.417. The van der Waals surface area contributed by atoms with Gasteiger partial charge in [0.2, 0.25) is 5.91 Å². The van der Waals surface area contributed by atoms with Crippen molar-refractivity contribution in [1.29, 1.82) is 0 Å². The number of ether oxygens (including phenoxy) is 1. The highest BCUT2D eigenvalue weighted by Gasteiger charge is 2.47. The van der Waals surface area contributed by atoms with Crippen LogP contribution in [0.3, 0.4) is 0 Å². The molecule has 4 rings (SSSR count). The highest BCUT2D eigenvalue weighted by Crippen LogP contribution is 2.44. The second kappa shape index (κ2) is 9.13. The first-order valence-electron chi connectivity index (χ1n) is 10.5. The number of hydrogen-bond donors (Lipinski definition) is 0. The number of likely N-dealkylation sites (tertiary alicyclic amines) is 1. The quantitative estimate of drug-likeness (QED) is 0.732. The van der Waals surface area contributed by atoms with Gasteiger partial charge in [0.25, 0.3) is 5.91 Å². The number of nitrogens with zero attached hydrogens (tertiary/aromatic N) is 2. The minimum Gasteiger partial charge on any atom is -0.497 e. The zero-order chi connectivity index (χ0) is 21.0. The van der Waals surface area contributed by atoms with E-state index in [9.17, 15) is 9.59 Å². The largest absolute Gasteiger partial charge is 0.497 e. The molecule has 2 saturated heterocycles. The van der Waals surface area contributed by atoms with Crippen LogP contribution in [0.2, 0.25) is 0 Å². The SMILES string of the molecule is COc1cccc(C(=O)N2CCSC23CCN(C(=O)CCc2ccccc2)CC3)c1. The van der Waals surface area contributed by atoms with Crippen molar-refractivity contribution in [1.82, 2.24) is 9.80 Å². The highest BCUT2D eigenvalue weighted by atomic mass is 32.2. The predicted molar refractivity (Wildman–Crippen MR) is 120 cm³/mol. The average Bonchev–Trinajstić information content (AvgIpc) is 3.21. The van der Waals surface area contributed by atoms with E-state index in [4.69, 9.17) is 4.74 Å². The molecule has 0 bridgehead atoms. The van der Waals surface area contributed by atoms with E-state index in [0.29, 0.717) is 30.8 Å². The molecule has 2 aromatic rings. The minimum absolute atomic E-state index is 0.0581. The van der Waals surface area contributed by atoms with E-state index in [2.05, 4.69) is 12.1 Å². The van der Waals surface area contributed by atoms with E-state index in [1.165, 1.54) is 5.56 Å². The summed E-state index contributed by atoms with van der Waals surface area (Å²) in [6.45, 7) is 2.17. The molecule has 6 heteroatoms. The van der Waals surface area contributed by atoms with Gasteiger partial charge in [-0.3, -0.25) is 9.59 Å². The number of amides is 2. The van der Waals surface area contributed by atoms with Gasteiger partial charge in [-0.15, -0.1) is 11.8 Å². The lowest BCUT2D eigenvalue weighted by atomic mass is 10.00. The molecule has 0 N–H and O–H groups in total. The van der Waals surface area contributed by atoms with Gasteiger partial charge in [-0.1, -0.05) is 36.4 Å². The van der Waals surface area contributed by atoms with Crippen molar-refractivity contribution in [3.8, 4) is 5.75 Å². The lowest BCUT2D eigenvalue weighted by Crippen LogP contribution is -2.53. The van der Waals surface area contributed by atoms with E-state index in [1.807, 2.05) is 58.0 Å². The van der Waals surface area contributed by atoms with E-state index < -0.39 is 0 Å². The lowest BCUT2D eigenvalue weighted by Gasteiger charge is -2.44. The van der Waals surface area contributed by atoms with Crippen molar-refractivity contribution in [2.75, 3.05) is 32.5 Å². The van der Waals surface area contributed by atoms with Gasteiger partial charge in [0.1, 0.15) is 5.75 Å². The molecule has 2 amide bonds. The number of rotatable bonds is 5. The van der Waals surface area contributed by atoms with Crippen LogP contribution in [0.1, 0.15) is 35.2 Å². The number of hydrogen-bond acceptors (Lipinski definition) is 4. The molecular weight excluding hydrogens is 396 g/mol. The third-order valence-corrected chi connectivity index (χ3v) is 7.66. The zero-order valence-corrected chi connectivity index (χ0v) is 18.2. The Balaban J connectivity index is 1.37. The molecule has 0 aromatic heterocycles. The molecule has 0 atom stereocenters. The number of thioether (sulfide) groups is 1. The van der Waals surface area contributed by atoms with Crippen LogP contribution in [0, 0.1) is 0 Å². The van der Waals surface area contributed by atoms with Gasteiger partial charge in [0.05, 0.1) is 12.0 Å². The van der Waals surface area contributed by atoms with Crippen LogP contribution in [-0.2, 0) is 11.2 Å². The summed E-state index contributed by atoms with van der Waals surface area (Å²) in [5.41, 5.74) is 1.86. The van der Waals surface area contributed by atoms with Crippen LogP contribution in [0.25, 0.3) is 0 Å². The number of carbonyl (C=O) groups is 2. The lowest BCUT2D eigenvalue weighted by molar-refractivity contribution is -0.132. The predicted octanol–water partition coefficient (Wildman–Crippen LogP) is 3.84. The topological polar surface area (TPSA) is 49.9 Å². The van der Waals surface area contributed by atoms with Crippen LogP contribution in [-0.4, -0.2) is 59.0 Å². The fourth-order valence-electron chi connectivity index (χ4n) is 4.38. The molecule has 2 heterocycles. The van der Waals surface area contributed by atoms with Gasteiger partial charge in [0, 0.05) is 37.4 Å². The molecule has 2 fully saturated rings. The number of piperidine rings is 1. The van der Waals surface area contributed by atoms with E-state index in [1.54, 1.807) is 13.2 Å². The summed E-state index contributed by atoms with van der Waals surface area (Å²) in [4.78, 5) is 29.7. The number of carbonyl (C=O) groups excluding carboxylic acids is 2. The Morgan fingerprint density at radius 3 is 2.53 bits per heavy atom. The van der Waals surface area contributed by atoms with Gasteiger partial charge < -0.3 is 14.5 Å². The van der Waals surface area contributed by atoms with Gasteiger partial charge in [-0.25, -0.2) is 0 Å². The first-order valence-corrected chi connectivity index (χ1v) is 11.5. The maximum atomic E-state index is 13.2. The molecule has 2 aromatic carbocycles. The molecule has 0 aliphatic carbocycles. The highest BCUT2D eigenvalue weighted by molar-refractivity contribution is 8.00. The molecule has 0 radical (unpaired) electrons. The molecule has 2 aliphatic rings. The fourth-order valence-corrected chi connectivity index (χ4v) is 5.84. The monoisotopic (exact) mass is 424 g/mol. The summed E-state index contributed by atoms with van der Waals surface area (Å²) in [5.74, 6) is 1.91. The van der Waals surface area contributed by atoms with E-state index >= 15 is 0 Å². The van der Waals surface area contributed by atoms with E-state index in [0.717, 1.165) is 31.6 Å². The molecule has 5 nitrogen and oxygen atoms in total. The standard InChI is InChI=1S/C24H28N2O3S/c1-29-21-9-5-8-20(18-21)23(28)26-16-17-30-24(26)12-14-25(15-13-24)22(27)11-10-19-6-3-2-4-7-19/h2-9,18H,10-17H2,1H3. The second-order valence-corrected chi connectivity index (χ2v) is 9.31. The Labute approximate surface area is 182 Å². The number of benzene rings is 2. The van der Waals surface area contributed by atoms with Gasteiger partial charge in [-0.2, -0.15) is 0 Å². The Bertz CT molecular complexity index is 894. The Kier molecular flexibility index (Phi) is 6.32. The summed E-state index contributed by atoms with van der Waals surface area (Å²) < 4.78 is 5.28. The molecule has 158 valence electrons. The third-order valence-electron chi connectivity index (χ3n) is 6.11. The normalized spacial score (nSPS) is 17.9. The van der Waals surface area contributed by atoms with Gasteiger partial charge in [0.15, 0.2) is 0 Å². The molecule has 0 unspecified atom stereocenters. The van der Waals surface area contributed by atoms with Crippen LogP contribution in [0.15, 0.2) is 54.6 Å².